The lowest BCUT2D eigenvalue weighted by atomic mass is 10.5. The van der Waals surface area contributed by atoms with Crippen molar-refractivity contribution in [1.82, 2.24) is 4.98 Å². The average molecular weight is 181 g/mol. The highest BCUT2D eigenvalue weighted by Gasteiger charge is 2.31. The number of halogens is 4. The second-order valence-electron chi connectivity index (χ2n) is 1.86. The van der Waals surface area contributed by atoms with Crippen LogP contribution in [-0.2, 0) is 0 Å². The van der Waals surface area contributed by atoms with Crippen molar-refractivity contribution in [2.45, 2.75) is 6.36 Å². The van der Waals surface area contributed by atoms with E-state index in [1.807, 2.05) is 0 Å². The van der Waals surface area contributed by atoms with E-state index in [2.05, 4.69) is 9.72 Å². The summed E-state index contributed by atoms with van der Waals surface area (Å²) in [6, 6.07) is 1.62. The second kappa shape index (κ2) is 2.96. The lowest BCUT2D eigenvalue weighted by Gasteiger charge is -2.06. The van der Waals surface area contributed by atoms with Gasteiger partial charge in [-0.2, -0.15) is 0 Å². The minimum Gasteiger partial charge on any atom is -0.388 e. The third-order valence-corrected chi connectivity index (χ3v) is 0.921. The standard InChI is InChI=1S/C6H3F4NO/c7-4-1-2-5(11-3-4)12-6(8,9)10/h1-3H. The first kappa shape index (κ1) is 8.76. The van der Waals surface area contributed by atoms with E-state index < -0.39 is 18.1 Å². The van der Waals surface area contributed by atoms with Crippen molar-refractivity contribution in [3.8, 4) is 5.88 Å². The van der Waals surface area contributed by atoms with E-state index in [-0.39, 0.29) is 0 Å². The first-order valence-corrected chi connectivity index (χ1v) is 2.85. The van der Waals surface area contributed by atoms with Gasteiger partial charge in [-0.05, 0) is 6.07 Å². The molecule has 0 amide bonds. The smallest absolute Gasteiger partial charge is 0.388 e. The Bertz CT molecular complexity index is 255. The Morgan fingerprint density at radius 2 is 1.92 bits per heavy atom. The largest absolute Gasteiger partial charge is 0.574 e. The molecule has 1 aromatic rings. The van der Waals surface area contributed by atoms with Crippen LogP contribution in [0.1, 0.15) is 0 Å². The van der Waals surface area contributed by atoms with Gasteiger partial charge in [0.15, 0.2) is 0 Å². The molecule has 12 heavy (non-hydrogen) atoms. The number of pyridine rings is 1. The Balaban J connectivity index is 2.71. The van der Waals surface area contributed by atoms with Crippen LogP contribution in [0.2, 0.25) is 0 Å². The zero-order chi connectivity index (χ0) is 9.19. The molecule has 6 heteroatoms. The molecular weight excluding hydrogens is 178 g/mol. The van der Waals surface area contributed by atoms with Crippen LogP contribution in [0.15, 0.2) is 18.3 Å². The Morgan fingerprint density at radius 1 is 1.25 bits per heavy atom. The van der Waals surface area contributed by atoms with E-state index in [0.717, 1.165) is 12.1 Å². The van der Waals surface area contributed by atoms with Gasteiger partial charge in [0.25, 0.3) is 0 Å². The molecule has 1 aromatic heterocycles. The summed E-state index contributed by atoms with van der Waals surface area (Å²) in [7, 11) is 0. The number of hydrogen-bond donors (Lipinski definition) is 0. The summed E-state index contributed by atoms with van der Waals surface area (Å²) in [4.78, 5) is 3.05. The maximum absolute atomic E-state index is 12.1. The van der Waals surface area contributed by atoms with Crippen LogP contribution in [0.4, 0.5) is 17.6 Å². The van der Waals surface area contributed by atoms with Crippen molar-refractivity contribution in [2.75, 3.05) is 0 Å². The summed E-state index contributed by atoms with van der Waals surface area (Å²) in [5, 5.41) is 0. The summed E-state index contributed by atoms with van der Waals surface area (Å²) in [6.07, 6.45) is -4.15. The Kier molecular flexibility index (Phi) is 2.16. The van der Waals surface area contributed by atoms with E-state index >= 15 is 0 Å². The topological polar surface area (TPSA) is 22.1 Å². The lowest BCUT2D eigenvalue weighted by molar-refractivity contribution is -0.276. The maximum Gasteiger partial charge on any atom is 0.574 e. The van der Waals surface area contributed by atoms with Gasteiger partial charge in [0.05, 0.1) is 6.20 Å². The van der Waals surface area contributed by atoms with E-state index in [1.165, 1.54) is 0 Å². The molecule has 0 spiro atoms. The Hall–Kier alpha value is -1.33. The molecule has 66 valence electrons. The van der Waals surface area contributed by atoms with Crippen LogP contribution in [0.3, 0.4) is 0 Å². The van der Waals surface area contributed by atoms with E-state index in [0.29, 0.717) is 6.20 Å². The van der Waals surface area contributed by atoms with Crippen LogP contribution >= 0.6 is 0 Å². The number of aromatic nitrogens is 1. The summed E-state index contributed by atoms with van der Waals surface area (Å²) in [5.41, 5.74) is 0. The SMILES string of the molecule is Fc1ccc(OC(F)(F)F)nc1. The molecule has 0 saturated heterocycles. The fourth-order valence-electron chi connectivity index (χ4n) is 0.541. The fraction of sp³-hybridized carbons (Fsp3) is 0.167. The van der Waals surface area contributed by atoms with Gasteiger partial charge in [-0.15, -0.1) is 13.2 Å². The molecule has 2 nitrogen and oxygen atoms in total. The molecule has 0 aliphatic heterocycles. The molecule has 0 atom stereocenters. The highest BCUT2D eigenvalue weighted by molar-refractivity contribution is 5.10. The van der Waals surface area contributed by atoms with Crippen molar-refractivity contribution >= 4 is 0 Å². The molecule has 0 aromatic carbocycles. The monoisotopic (exact) mass is 181 g/mol. The van der Waals surface area contributed by atoms with Gasteiger partial charge < -0.3 is 4.74 Å². The van der Waals surface area contributed by atoms with E-state index in [9.17, 15) is 17.6 Å². The van der Waals surface area contributed by atoms with Crippen LogP contribution < -0.4 is 4.74 Å². The summed E-state index contributed by atoms with van der Waals surface area (Å²) >= 11 is 0. The van der Waals surface area contributed by atoms with Crippen LogP contribution in [0.25, 0.3) is 0 Å². The van der Waals surface area contributed by atoms with Crippen LogP contribution in [0, 0.1) is 5.82 Å². The average Bonchev–Trinajstić information content (AvgIpc) is 1.91. The first-order valence-electron chi connectivity index (χ1n) is 2.85. The molecule has 0 saturated carbocycles. The first-order chi connectivity index (χ1) is 5.47. The number of rotatable bonds is 1. The normalized spacial score (nSPS) is 11.3. The molecule has 0 fully saturated rings. The van der Waals surface area contributed by atoms with E-state index in [1.54, 1.807) is 0 Å². The molecule has 0 N–H and O–H groups in total. The Morgan fingerprint density at radius 3 is 2.33 bits per heavy atom. The number of hydrogen-bond acceptors (Lipinski definition) is 2. The third-order valence-electron chi connectivity index (χ3n) is 0.921. The highest BCUT2D eigenvalue weighted by Crippen LogP contribution is 2.19. The van der Waals surface area contributed by atoms with Gasteiger partial charge in [-0.25, -0.2) is 9.37 Å². The number of nitrogens with zero attached hydrogens (tertiary/aromatic N) is 1. The number of ether oxygens (including phenoxy) is 1. The Labute approximate surface area is 64.8 Å². The van der Waals surface area contributed by atoms with Crippen LogP contribution in [-0.4, -0.2) is 11.3 Å². The summed E-state index contributed by atoms with van der Waals surface area (Å²) in [6.45, 7) is 0. The van der Waals surface area contributed by atoms with Gasteiger partial charge >= 0.3 is 6.36 Å². The predicted molar refractivity (Wildman–Crippen MR) is 30.9 cm³/mol. The lowest BCUT2D eigenvalue weighted by Crippen LogP contribution is -2.17. The van der Waals surface area contributed by atoms with Crippen molar-refractivity contribution in [3.63, 3.8) is 0 Å². The van der Waals surface area contributed by atoms with Crippen molar-refractivity contribution in [3.05, 3.63) is 24.1 Å². The zero-order valence-corrected chi connectivity index (χ0v) is 5.60. The molecule has 0 radical (unpaired) electrons. The quantitative estimate of drug-likeness (QED) is 0.619. The van der Waals surface area contributed by atoms with Gasteiger partial charge in [0.2, 0.25) is 5.88 Å². The number of alkyl halides is 3. The zero-order valence-electron chi connectivity index (χ0n) is 5.60. The van der Waals surface area contributed by atoms with Gasteiger partial charge in [-0.3, -0.25) is 0 Å². The van der Waals surface area contributed by atoms with Crippen molar-refractivity contribution < 1.29 is 22.3 Å². The third kappa shape index (κ3) is 2.73. The van der Waals surface area contributed by atoms with Gasteiger partial charge in [0.1, 0.15) is 5.82 Å². The fourth-order valence-corrected chi connectivity index (χ4v) is 0.541. The van der Waals surface area contributed by atoms with E-state index in [4.69, 9.17) is 0 Å². The molecule has 1 heterocycles. The molecule has 0 bridgehead atoms. The minimum absolute atomic E-state index is 0.640. The molecular formula is C6H3F4NO. The van der Waals surface area contributed by atoms with Crippen molar-refractivity contribution in [1.29, 1.82) is 0 Å². The predicted octanol–water partition coefficient (Wildman–Crippen LogP) is 2.12. The second-order valence-corrected chi connectivity index (χ2v) is 1.86. The van der Waals surface area contributed by atoms with Crippen LogP contribution in [0.5, 0.6) is 5.88 Å². The molecule has 0 aliphatic carbocycles. The maximum atomic E-state index is 12.1. The van der Waals surface area contributed by atoms with Crippen molar-refractivity contribution in [2.24, 2.45) is 0 Å². The highest BCUT2D eigenvalue weighted by atomic mass is 19.4. The summed E-state index contributed by atoms with van der Waals surface area (Å²) < 4.78 is 50.0. The van der Waals surface area contributed by atoms with Gasteiger partial charge in [0, 0.05) is 6.07 Å². The summed E-state index contributed by atoms with van der Waals surface area (Å²) in [5.74, 6) is -1.39. The molecule has 0 unspecified atom stereocenters. The van der Waals surface area contributed by atoms with Gasteiger partial charge in [-0.1, -0.05) is 0 Å². The molecule has 0 aliphatic rings. The minimum atomic E-state index is -4.79. The molecule has 1 rings (SSSR count).